The Balaban J connectivity index is 1.28. The monoisotopic (exact) mass is 818 g/mol. The van der Waals surface area contributed by atoms with Gasteiger partial charge in [0.2, 0.25) is 5.69 Å². The normalized spacial score (nSPS) is 18.5. The zero-order valence-corrected chi connectivity index (χ0v) is 37.8. The molecular formula is C55H66N2O2S. The first-order chi connectivity index (χ1) is 29.1. The molecular weight excluding hydrogens is 753 g/mol. The van der Waals surface area contributed by atoms with Crippen molar-refractivity contribution >= 4 is 56.4 Å². The Hall–Kier alpha value is -4.35. The van der Waals surface area contributed by atoms with Gasteiger partial charge in [-0.3, -0.25) is 0 Å². The van der Waals surface area contributed by atoms with Gasteiger partial charge in [-0.1, -0.05) is 113 Å². The lowest BCUT2D eigenvalue weighted by Gasteiger charge is -2.28. The number of unbranched alkanes of at least 4 members (excludes halogenated alkanes) is 7. The van der Waals surface area contributed by atoms with Crippen LogP contribution in [0.4, 0.5) is 11.4 Å². The molecule has 2 radical (unpaired) electrons. The van der Waals surface area contributed by atoms with Gasteiger partial charge in [0.05, 0.1) is 5.41 Å². The number of benzene rings is 4. The number of hydrogen-bond acceptors (Lipinski definition) is 4. The minimum absolute atomic E-state index is 0.121. The molecule has 7 rings (SSSR count). The number of rotatable bonds is 19. The van der Waals surface area contributed by atoms with Crippen LogP contribution in [0.1, 0.15) is 136 Å². The third-order valence-electron chi connectivity index (χ3n) is 13.2. The summed E-state index contributed by atoms with van der Waals surface area (Å²) in [6.07, 6.45) is 23.5. The molecule has 0 amide bonds. The molecule has 1 aliphatic carbocycles. The van der Waals surface area contributed by atoms with E-state index in [0.29, 0.717) is 12.8 Å². The minimum atomic E-state index is -0.959. The Morgan fingerprint density at radius 1 is 0.783 bits per heavy atom. The van der Waals surface area contributed by atoms with Crippen molar-refractivity contribution in [1.29, 1.82) is 0 Å². The summed E-state index contributed by atoms with van der Waals surface area (Å²) in [5, 5.41) is 16.4. The molecule has 5 heteroatoms. The van der Waals surface area contributed by atoms with E-state index >= 15 is 0 Å². The Bertz CT molecular complexity index is 2350. The van der Waals surface area contributed by atoms with Crippen LogP contribution < -0.4 is 10.0 Å². The second-order valence-electron chi connectivity index (χ2n) is 18.2. The van der Waals surface area contributed by atoms with Gasteiger partial charge in [0.1, 0.15) is 6.54 Å². The van der Waals surface area contributed by atoms with E-state index in [4.69, 9.17) is 6.92 Å². The van der Waals surface area contributed by atoms with E-state index in [2.05, 4.69) is 153 Å². The highest BCUT2D eigenvalue weighted by atomic mass is 32.2. The number of allylic oxidation sites excluding steroid dienone is 7. The molecule has 0 aromatic heterocycles. The van der Waals surface area contributed by atoms with Crippen LogP contribution in [0.2, 0.25) is 0 Å². The number of carbonyl (C=O) groups is 1. The van der Waals surface area contributed by atoms with Gasteiger partial charge in [-0.25, -0.2) is 0 Å². The fourth-order valence-electron chi connectivity index (χ4n) is 10.2. The number of nitrogens with zero attached hydrogens (tertiary/aromatic N) is 2. The third-order valence-corrected chi connectivity index (χ3v) is 14.5. The molecule has 4 aromatic carbocycles. The summed E-state index contributed by atoms with van der Waals surface area (Å²) < 4.78 is 2.59. The van der Waals surface area contributed by atoms with Crippen molar-refractivity contribution in [2.24, 2.45) is 0 Å². The molecule has 0 fully saturated rings. The molecule has 0 unspecified atom stereocenters. The molecule has 4 aromatic rings. The van der Waals surface area contributed by atoms with E-state index in [9.17, 15) is 9.90 Å². The minimum Gasteiger partial charge on any atom is -0.550 e. The van der Waals surface area contributed by atoms with E-state index in [1.165, 1.54) is 97.2 Å². The average Bonchev–Trinajstić information content (AvgIpc) is 3.60. The van der Waals surface area contributed by atoms with Gasteiger partial charge in [0.25, 0.3) is 0 Å². The molecule has 3 aliphatic rings. The number of carboxylic acids is 1. The second kappa shape index (κ2) is 19.6. The number of aliphatic carboxylic acids is 1. The molecule has 60 heavy (non-hydrogen) atoms. The number of hydrogen-bond donors (Lipinski definition) is 0. The number of thioether (sulfide) groups is 1. The molecule has 0 N–H and O–H groups in total. The van der Waals surface area contributed by atoms with E-state index < -0.39 is 5.97 Å². The van der Waals surface area contributed by atoms with Crippen molar-refractivity contribution in [3.8, 4) is 0 Å². The van der Waals surface area contributed by atoms with Crippen LogP contribution in [-0.4, -0.2) is 35.1 Å². The molecule has 0 saturated heterocycles. The Kier molecular flexibility index (Phi) is 14.3. The number of fused-ring (bicyclic) bond motifs is 6. The van der Waals surface area contributed by atoms with Crippen LogP contribution >= 0.6 is 11.8 Å². The lowest BCUT2D eigenvalue weighted by molar-refractivity contribution is -0.438. The lowest BCUT2D eigenvalue weighted by Crippen LogP contribution is -2.28. The van der Waals surface area contributed by atoms with Gasteiger partial charge >= 0.3 is 0 Å². The van der Waals surface area contributed by atoms with Crippen molar-refractivity contribution in [3.63, 3.8) is 0 Å². The van der Waals surface area contributed by atoms with Crippen LogP contribution in [0.5, 0.6) is 0 Å². The molecule has 314 valence electrons. The summed E-state index contributed by atoms with van der Waals surface area (Å²) in [6, 6.07) is 26.8. The summed E-state index contributed by atoms with van der Waals surface area (Å²) in [7, 11) is 0. The van der Waals surface area contributed by atoms with Crippen molar-refractivity contribution in [1.82, 2.24) is 0 Å². The lowest BCUT2D eigenvalue weighted by atomic mass is 9.78. The smallest absolute Gasteiger partial charge is 0.210 e. The summed E-state index contributed by atoms with van der Waals surface area (Å²) in [6.45, 7) is 19.7. The quantitative estimate of drug-likeness (QED) is 0.0698. The fraction of sp³-hybridized carbons (Fsp3) is 0.436. The van der Waals surface area contributed by atoms with E-state index in [1.807, 2.05) is 0 Å². The molecule has 0 spiro atoms. The average molecular weight is 819 g/mol. The Morgan fingerprint density at radius 2 is 1.50 bits per heavy atom. The Labute approximate surface area is 365 Å². The highest BCUT2D eigenvalue weighted by Gasteiger charge is 2.45. The molecule has 0 atom stereocenters. The van der Waals surface area contributed by atoms with Gasteiger partial charge in [0.15, 0.2) is 5.71 Å². The van der Waals surface area contributed by atoms with Gasteiger partial charge in [0, 0.05) is 58.3 Å². The van der Waals surface area contributed by atoms with Crippen LogP contribution in [0.25, 0.3) is 21.5 Å². The summed E-state index contributed by atoms with van der Waals surface area (Å²) >= 11 is 2.07. The highest BCUT2D eigenvalue weighted by molar-refractivity contribution is 8.03. The zero-order valence-electron chi connectivity index (χ0n) is 37.0. The fourth-order valence-corrected chi connectivity index (χ4v) is 11.4. The van der Waals surface area contributed by atoms with Gasteiger partial charge in [-0.15, -0.1) is 11.8 Å². The van der Waals surface area contributed by atoms with Crippen molar-refractivity contribution in [3.05, 3.63) is 137 Å². The van der Waals surface area contributed by atoms with Crippen LogP contribution in [0, 0.1) is 6.92 Å². The number of carbonyl (C=O) groups excluding carboxylic acids is 1. The molecule has 0 saturated carbocycles. The van der Waals surface area contributed by atoms with Gasteiger partial charge in [-0.05, 0) is 141 Å². The summed E-state index contributed by atoms with van der Waals surface area (Å²) in [5.41, 5.74) is 10.7. The van der Waals surface area contributed by atoms with Crippen molar-refractivity contribution in [2.45, 2.75) is 135 Å². The standard InChI is InChI=1S/C55H66N2O2S/c1-7-9-11-20-39-60-53-42(31-35-48-54(3,4)51-44-26-16-14-22-40(44)29-33-46(51)56(48)37-18-10-8-2)24-21-25-43(53)32-36-49-55(5,6)52-45-27-17-15-23-41(45)30-34-47(52)57(49)38-19-12-13-28-50(58)59/h2,14-17,22-23,26-27,29-36H,7-13,18-21,24-25,28,37-39H2,1,3-6H3. The largest absolute Gasteiger partial charge is 0.550 e. The molecule has 2 heterocycles. The summed E-state index contributed by atoms with van der Waals surface area (Å²) in [5.74, 6) is 0.172. The van der Waals surface area contributed by atoms with Crippen LogP contribution in [0.3, 0.4) is 0 Å². The van der Waals surface area contributed by atoms with Crippen molar-refractivity contribution < 1.29 is 14.5 Å². The first-order valence-electron chi connectivity index (χ1n) is 22.9. The number of carboxylic acid groups (broad SMARTS) is 1. The first kappa shape index (κ1) is 43.7. The van der Waals surface area contributed by atoms with Gasteiger partial charge in [-0.2, -0.15) is 4.58 Å². The SMILES string of the molecule is [CH]CCCC[N+]1=C(/C=C/C2=C(SCCCCCC)C(=C\C=C3/N(CCCCCC(=O)[O-])c4ccc5ccccc5c4C3(C)C)/CCC2)C(C)(C)c2c1ccc1ccccc21. The Morgan fingerprint density at radius 3 is 2.23 bits per heavy atom. The highest BCUT2D eigenvalue weighted by Crippen LogP contribution is 2.51. The van der Waals surface area contributed by atoms with E-state index in [-0.39, 0.29) is 17.3 Å². The summed E-state index contributed by atoms with van der Waals surface area (Å²) in [4.78, 5) is 15.2. The third kappa shape index (κ3) is 9.13. The second-order valence-corrected chi connectivity index (χ2v) is 19.3. The molecule has 4 nitrogen and oxygen atoms in total. The number of anilines is 1. The maximum absolute atomic E-state index is 11.2. The molecule has 0 bridgehead atoms. The maximum Gasteiger partial charge on any atom is 0.210 e. The van der Waals surface area contributed by atoms with Crippen LogP contribution in [0.15, 0.2) is 119 Å². The zero-order chi connectivity index (χ0) is 42.3. The van der Waals surface area contributed by atoms with E-state index in [1.54, 1.807) is 0 Å². The van der Waals surface area contributed by atoms with E-state index in [0.717, 1.165) is 63.8 Å². The topological polar surface area (TPSA) is 46.4 Å². The predicted molar refractivity (Wildman–Crippen MR) is 255 cm³/mol. The van der Waals surface area contributed by atoms with Crippen molar-refractivity contribution in [2.75, 3.05) is 23.7 Å². The maximum atomic E-state index is 11.2. The predicted octanol–water partition coefficient (Wildman–Crippen LogP) is 13.5. The van der Waals surface area contributed by atoms with Gasteiger partial charge < -0.3 is 14.8 Å². The first-order valence-corrected chi connectivity index (χ1v) is 23.9. The molecule has 2 aliphatic heterocycles. The van der Waals surface area contributed by atoms with Crippen LogP contribution in [-0.2, 0) is 15.6 Å².